The van der Waals surface area contributed by atoms with Crippen molar-refractivity contribution in [1.82, 2.24) is 5.32 Å². The molecule has 1 amide bonds. The van der Waals surface area contributed by atoms with Crippen LogP contribution in [0.4, 0.5) is 5.69 Å². The number of ether oxygens (including phenoxy) is 1. The molecule has 0 saturated carbocycles. The van der Waals surface area contributed by atoms with Crippen molar-refractivity contribution in [3.05, 3.63) is 88.4 Å². The molecule has 0 bridgehead atoms. The molecule has 0 unspecified atom stereocenters. The number of amides is 1. The van der Waals surface area contributed by atoms with Crippen LogP contribution in [0.15, 0.2) is 71.6 Å². The van der Waals surface area contributed by atoms with Crippen LogP contribution in [0.5, 0.6) is 5.75 Å². The molecule has 8 heteroatoms. The van der Waals surface area contributed by atoms with Crippen molar-refractivity contribution in [2.45, 2.75) is 25.3 Å². The second-order valence-corrected chi connectivity index (χ2v) is 8.94. The minimum Gasteiger partial charge on any atom is -0.494 e. The molecule has 0 aliphatic rings. The summed E-state index contributed by atoms with van der Waals surface area (Å²) in [6.45, 7) is 4.64. The zero-order chi connectivity index (χ0) is 22.4. The Labute approximate surface area is 187 Å². The lowest BCUT2D eigenvalue weighted by Crippen LogP contribution is -2.23. The fourth-order valence-electron chi connectivity index (χ4n) is 2.92. The lowest BCUT2D eigenvalue weighted by molar-refractivity contribution is 0.0950. The number of halogens is 1. The summed E-state index contributed by atoms with van der Waals surface area (Å²) >= 11 is 6.13. The molecule has 0 aliphatic carbocycles. The van der Waals surface area contributed by atoms with Crippen LogP contribution in [0.1, 0.15) is 28.4 Å². The van der Waals surface area contributed by atoms with Gasteiger partial charge in [-0.05, 0) is 67.4 Å². The van der Waals surface area contributed by atoms with Gasteiger partial charge in [0.05, 0.1) is 11.6 Å². The molecule has 162 valence electrons. The molecule has 0 aliphatic heterocycles. The van der Waals surface area contributed by atoms with Gasteiger partial charge in [0.25, 0.3) is 15.9 Å². The Balaban J connectivity index is 1.74. The molecule has 0 saturated heterocycles. The van der Waals surface area contributed by atoms with Crippen LogP contribution in [0.3, 0.4) is 0 Å². The standard InChI is InChI=1S/C23H23ClN2O4S/c1-3-30-20-10-7-17(8-11-20)15-25-23(27)18-9-12-21(24)22(14-18)31(28,29)26-19-6-4-5-16(2)13-19/h4-14,26H,3,15H2,1-2H3,(H,25,27). The molecule has 2 N–H and O–H groups in total. The number of sulfonamides is 1. The smallest absolute Gasteiger partial charge is 0.263 e. The number of hydrogen-bond donors (Lipinski definition) is 2. The van der Waals surface area contributed by atoms with E-state index in [1.54, 1.807) is 18.2 Å². The van der Waals surface area contributed by atoms with Gasteiger partial charge in [-0.15, -0.1) is 0 Å². The summed E-state index contributed by atoms with van der Waals surface area (Å²) in [5.41, 5.74) is 2.41. The molecule has 0 fully saturated rings. The van der Waals surface area contributed by atoms with Crippen LogP contribution in [-0.4, -0.2) is 20.9 Å². The van der Waals surface area contributed by atoms with Gasteiger partial charge in [0.2, 0.25) is 0 Å². The Morgan fingerprint density at radius 1 is 1.03 bits per heavy atom. The first kappa shape index (κ1) is 22.7. The summed E-state index contributed by atoms with van der Waals surface area (Å²) < 4.78 is 33.6. The average molecular weight is 459 g/mol. The predicted molar refractivity (Wildman–Crippen MR) is 122 cm³/mol. The molecule has 0 spiro atoms. The van der Waals surface area contributed by atoms with Crippen molar-refractivity contribution in [2.75, 3.05) is 11.3 Å². The fraction of sp³-hybridized carbons (Fsp3) is 0.174. The highest BCUT2D eigenvalue weighted by atomic mass is 35.5. The molecule has 0 aromatic heterocycles. The third-order valence-electron chi connectivity index (χ3n) is 4.44. The summed E-state index contributed by atoms with van der Waals surface area (Å²) in [6.07, 6.45) is 0. The lowest BCUT2D eigenvalue weighted by atomic mass is 10.2. The van der Waals surface area contributed by atoms with E-state index in [-0.39, 0.29) is 22.0 Å². The lowest BCUT2D eigenvalue weighted by Gasteiger charge is -2.12. The molecule has 31 heavy (non-hydrogen) atoms. The van der Waals surface area contributed by atoms with E-state index in [4.69, 9.17) is 16.3 Å². The van der Waals surface area contributed by atoms with E-state index in [1.807, 2.05) is 44.2 Å². The van der Waals surface area contributed by atoms with Gasteiger partial charge in [-0.25, -0.2) is 8.42 Å². The minimum atomic E-state index is -3.97. The number of carbonyl (C=O) groups excluding carboxylic acids is 1. The molecular weight excluding hydrogens is 436 g/mol. The van der Waals surface area contributed by atoms with Gasteiger partial charge in [-0.2, -0.15) is 0 Å². The van der Waals surface area contributed by atoms with Gasteiger partial charge < -0.3 is 10.1 Å². The maximum Gasteiger partial charge on any atom is 0.263 e. The zero-order valence-corrected chi connectivity index (χ0v) is 18.8. The minimum absolute atomic E-state index is 0.0308. The van der Waals surface area contributed by atoms with Gasteiger partial charge >= 0.3 is 0 Å². The number of carbonyl (C=O) groups is 1. The number of aryl methyl sites for hydroxylation is 1. The highest BCUT2D eigenvalue weighted by molar-refractivity contribution is 7.92. The van der Waals surface area contributed by atoms with E-state index in [9.17, 15) is 13.2 Å². The van der Waals surface area contributed by atoms with Crippen molar-refractivity contribution in [2.24, 2.45) is 0 Å². The normalized spacial score (nSPS) is 11.1. The maximum atomic E-state index is 12.8. The Bertz CT molecular complexity index is 1180. The SMILES string of the molecule is CCOc1ccc(CNC(=O)c2ccc(Cl)c(S(=O)(=O)Nc3cccc(C)c3)c2)cc1. The number of nitrogens with one attached hydrogen (secondary N) is 2. The third kappa shape index (κ3) is 5.99. The first-order chi connectivity index (χ1) is 14.8. The van der Waals surface area contributed by atoms with Crippen molar-refractivity contribution in [1.29, 1.82) is 0 Å². The monoisotopic (exact) mass is 458 g/mol. The average Bonchev–Trinajstić information content (AvgIpc) is 2.73. The quantitative estimate of drug-likeness (QED) is 0.508. The Morgan fingerprint density at radius 3 is 2.45 bits per heavy atom. The van der Waals surface area contributed by atoms with E-state index in [0.717, 1.165) is 16.9 Å². The first-order valence-electron chi connectivity index (χ1n) is 9.67. The van der Waals surface area contributed by atoms with Gasteiger partial charge in [0, 0.05) is 17.8 Å². The van der Waals surface area contributed by atoms with Crippen molar-refractivity contribution < 1.29 is 17.9 Å². The Morgan fingerprint density at radius 2 is 1.77 bits per heavy atom. The molecule has 6 nitrogen and oxygen atoms in total. The number of benzene rings is 3. The Hall–Kier alpha value is -3.03. The van der Waals surface area contributed by atoms with Crippen LogP contribution >= 0.6 is 11.6 Å². The number of rotatable bonds is 8. The summed E-state index contributed by atoms with van der Waals surface area (Å²) in [5.74, 6) is 0.351. The van der Waals surface area contributed by atoms with Crippen molar-refractivity contribution in [3.8, 4) is 5.75 Å². The molecular formula is C23H23ClN2O4S. The van der Waals surface area contributed by atoms with Crippen LogP contribution in [0.25, 0.3) is 0 Å². The van der Waals surface area contributed by atoms with Crippen molar-refractivity contribution in [3.63, 3.8) is 0 Å². The van der Waals surface area contributed by atoms with Crippen molar-refractivity contribution >= 4 is 33.2 Å². The van der Waals surface area contributed by atoms with Crippen LogP contribution in [0, 0.1) is 6.92 Å². The zero-order valence-electron chi connectivity index (χ0n) is 17.2. The summed E-state index contributed by atoms with van der Waals surface area (Å²) in [7, 11) is -3.97. The maximum absolute atomic E-state index is 12.8. The largest absolute Gasteiger partial charge is 0.494 e. The molecule has 0 radical (unpaired) electrons. The molecule has 3 aromatic rings. The van der Waals surface area contributed by atoms with E-state index in [2.05, 4.69) is 10.0 Å². The topological polar surface area (TPSA) is 84.5 Å². The van der Waals surface area contributed by atoms with Crippen LogP contribution in [-0.2, 0) is 16.6 Å². The molecule has 0 heterocycles. The van der Waals surface area contributed by atoms with E-state index in [1.165, 1.54) is 18.2 Å². The summed E-state index contributed by atoms with van der Waals surface area (Å²) in [4.78, 5) is 12.4. The fourth-order valence-corrected chi connectivity index (χ4v) is 4.50. The van der Waals surface area contributed by atoms with Gasteiger partial charge in [-0.3, -0.25) is 9.52 Å². The molecule has 0 atom stereocenters. The first-order valence-corrected chi connectivity index (χ1v) is 11.5. The highest BCUT2D eigenvalue weighted by Crippen LogP contribution is 2.25. The number of hydrogen-bond acceptors (Lipinski definition) is 4. The van der Waals surface area contributed by atoms with Crippen LogP contribution in [0.2, 0.25) is 5.02 Å². The second-order valence-electron chi connectivity index (χ2n) is 6.88. The molecule has 3 aromatic carbocycles. The third-order valence-corrected chi connectivity index (χ3v) is 6.30. The van der Waals surface area contributed by atoms with Crippen LogP contribution < -0.4 is 14.8 Å². The molecule has 3 rings (SSSR count). The van der Waals surface area contributed by atoms with E-state index in [0.29, 0.717) is 12.3 Å². The predicted octanol–water partition coefficient (Wildman–Crippen LogP) is 4.78. The highest BCUT2D eigenvalue weighted by Gasteiger charge is 2.20. The van der Waals surface area contributed by atoms with E-state index < -0.39 is 15.9 Å². The second kappa shape index (κ2) is 9.85. The number of anilines is 1. The van der Waals surface area contributed by atoms with Gasteiger partial charge in [0.15, 0.2) is 0 Å². The Kier molecular flexibility index (Phi) is 7.20. The summed E-state index contributed by atoms with van der Waals surface area (Å²) in [5, 5.41) is 2.81. The summed E-state index contributed by atoms with van der Waals surface area (Å²) in [6, 6.07) is 18.5. The van der Waals surface area contributed by atoms with Gasteiger partial charge in [0.1, 0.15) is 10.6 Å². The van der Waals surface area contributed by atoms with Gasteiger partial charge in [-0.1, -0.05) is 35.9 Å². The van der Waals surface area contributed by atoms with E-state index >= 15 is 0 Å².